The Morgan fingerprint density at radius 3 is 2.94 bits per heavy atom. The monoisotopic (exact) mass is 294 g/mol. The zero-order valence-corrected chi connectivity index (χ0v) is 11.5. The van der Waals surface area contributed by atoms with E-state index in [1.54, 1.807) is 0 Å². The van der Waals surface area contributed by atoms with Gasteiger partial charge in [0.2, 0.25) is 0 Å². The molecule has 0 aromatic carbocycles. The molecule has 0 bridgehead atoms. The number of nitrogens with zero attached hydrogens (tertiary/aromatic N) is 3. The predicted octanol–water partition coefficient (Wildman–Crippen LogP) is 2.31. The SMILES string of the molecule is CCc1nccn1-c1ncc(Br)cc1CNC. The first kappa shape index (κ1) is 12.3. The first-order chi connectivity index (χ1) is 8.26. The van der Waals surface area contributed by atoms with Crippen molar-refractivity contribution in [1.82, 2.24) is 19.9 Å². The molecule has 0 saturated heterocycles. The molecule has 2 aromatic heterocycles. The maximum Gasteiger partial charge on any atom is 0.142 e. The summed E-state index contributed by atoms with van der Waals surface area (Å²) in [6, 6.07) is 2.08. The van der Waals surface area contributed by atoms with Gasteiger partial charge < -0.3 is 5.32 Å². The van der Waals surface area contributed by atoms with Crippen LogP contribution in [0.15, 0.2) is 29.1 Å². The third kappa shape index (κ3) is 2.56. The Morgan fingerprint density at radius 1 is 1.41 bits per heavy atom. The second-order valence-corrected chi connectivity index (χ2v) is 4.65. The zero-order chi connectivity index (χ0) is 12.3. The molecule has 0 amide bonds. The topological polar surface area (TPSA) is 42.7 Å². The van der Waals surface area contributed by atoms with E-state index in [1.165, 1.54) is 0 Å². The van der Waals surface area contributed by atoms with Crippen LogP contribution in [-0.2, 0) is 13.0 Å². The van der Waals surface area contributed by atoms with Crippen LogP contribution in [0.3, 0.4) is 0 Å². The first-order valence-electron chi connectivity index (χ1n) is 5.58. The van der Waals surface area contributed by atoms with E-state index in [4.69, 9.17) is 0 Å². The van der Waals surface area contributed by atoms with Crippen LogP contribution in [0.25, 0.3) is 5.82 Å². The smallest absolute Gasteiger partial charge is 0.142 e. The molecule has 1 N–H and O–H groups in total. The van der Waals surface area contributed by atoms with Crippen LogP contribution in [-0.4, -0.2) is 21.6 Å². The highest BCUT2D eigenvalue weighted by Gasteiger charge is 2.09. The van der Waals surface area contributed by atoms with Gasteiger partial charge in [0, 0.05) is 41.6 Å². The van der Waals surface area contributed by atoms with E-state index < -0.39 is 0 Å². The van der Waals surface area contributed by atoms with Crippen molar-refractivity contribution in [1.29, 1.82) is 0 Å². The standard InChI is InChI=1S/C12H15BrN4/c1-3-11-15-4-5-17(11)12-9(7-14-2)6-10(13)8-16-12/h4-6,8,14H,3,7H2,1-2H3. The fourth-order valence-corrected chi connectivity index (χ4v) is 2.18. The molecule has 90 valence electrons. The van der Waals surface area contributed by atoms with E-state index in [0.717, 1.165) is 34.6 Å². The van der Waals surface area contributed by atoms with Crippen molar-refractivity contribution >= 4 is 15.9 Å². The Bertz CT molecular complexity index is 507. The van der Waals surface area contributed by atoms with Crippen molar-refractivity contribution < 1.29 is 0 Å². The summed E-state index contributed by atoms with van der Waals surface area (Å²) in [5.41, 5.74) is 1.15. The molecule has 2 aromatic rings. The number of hydrogen-bond donors (Lipinski definition) is 1. The highest BCUT2D eigenvalue weighted by Crippen LogP contribution is 2.18. The number of aromatic nitrogens is 3. The number of imidazole rings is 1. The van der Waals surface area contributed by atoms with Gasteiger partial charge in [-0.05, 0) is 29.0 Å². The Hall–Kier alpha value is -1.20. The molecule has 0 unspecified atom stereocenters. The Labute approximate surface area is 109 Å². The lowest BCUT2D eigenvalue weighted by Crippen LogP contribution is -2.11. The average Bonchev–Trinajstić information content (AvgIpc) is 2.78. The summed E-state index contributed by atoms with van der Waals surface area (Å²) >= 11 is 3.45. The van der Waals surface area contributed by atoms with E-state index in [9.17, 15) is 0 Å². The molecular formula is C12H15BrN4. The molecule has 2 rings (SSSR count). The normalized spacial score (nSPS) is 10.8. The summed E-state index contributed by atoms with van der Waals surface area (Å²) in [6.07, 6.45) is 6.47. The third-order valence-corrected chi connectivity index (χ3v) is 2.97. The van der Waals surface area contributed by atoms with E-state index >= 15 is 0 Å². The van der Waals surface area contributed by atoms with Gasteiger partial charge in [0.1, 0.15) is 11.6 Å². The zero-order valence-electron chi connectivity index (χ0n) is 9.94. The van der Waals surface area contributed by atoms with Gasteiger partial charge in [-0.2, -0.15) is 0 Å². The molecule has 0 atom stereocenters. The highest BCUT2D eigenvalue weighted by molar-refractivity contribution is 9.10. The molecule has 4 nitrogen and oxygen atoms in total. The van der Waals surface area contributed by atoms with Crippen molar-refractivity contribution in [2.45, 2.75) is 19.9 Å². The minimum atomic E-state index is 0.781. The molecule has 0 saturated carbocycles. The fraction of sp³-hybridized carbons (Fsp3) is 0.333. The van der Waals surface area contributed by atoms with Crippen molar-refractivity contribution in [3.05, 3.63) is 40.5 Å². The number of hydrogen-bond acceptors (Lipinski definition) is 3. The van der Waals surface area contributed by atoms with E-state index in [0.29, 0.717) is 0 Å². The summed E-state index contributed by atoms with van der Waals surface area (Å²) < 4.78 is 3.03. The number of nitrogens with one attached hydrogen (secondary N) is 1. The van der Waals surface area contributed by atoms with E-state index in [2.05, 4.69) is 44.2 Å². The van der Waals surface area contributed by atoms with Crippen LogP contribution in [0.4, 0.5) is 0 Å². The van der Waals surface area contributed by atoms with Crippen LogP contribution >= 0.6 is 15.9 Å². The molecule has 0 fully saturated rings. The van der Waals surface area contributed by atoms with Gasteiger partial charge in [-0.25, -0.2) is 9.97 Å². The van der Waals surface area contributed by atoms with Crippen molar-refractivity contribution in [3.8, 4) is 5.82 Å². The van der Waals surface area contributed by atoms with Gasteiger partial charge in [0.05, 0.1) is 0 Å². The van der Waals surface area contributed by atoms with Crippen LogP contribution in [0.2, 0.25) is 0 Å². The second-order valence-electron chi connectivity index (χ2n) is 3.73. The average molecular weight is 295 g/mol. The van der Waals surface area contributed by atoms with Gasteiger partial charge in [-0.1, -0.05) is 6.92 Å². The van der Waals surface area contributed by atoms with Crippen LogP contribution in [0, 0.1) is 0 Å². The predicted molar refractivity (Wildman–Crippen MR) is 71.2 cm³/mol. The van der Waals surface area contributed by atoms with Crippen LogP contribution in [0.5, 0.6) is 0 Å². The van der Waals surface area contributed by atoms with Gasteiger partial charge in [-0.15, -0.1) is 0 Å². The minimum absolute atomic E-state index is 0.781. The molecule has 17 heavy (non-hydrogen) atoms. The molecule has 5 heteroatoms. The molecule has 0 radical (unpaired) electrons. The summed E-state index contributed by atoms with van der Waals surface area (Å²) in [4.78, 5) is 8.81. The lowest BCUT2D eigenvalue weighted by Gasteiger charge is -2.11. The summed E-state index contributed by atoms with van der Waals surface area (Å²) in [5, 5.41) is 3.16. The quantitative estimate of drug-likeness (QED) is 0.941. The molecule has 0 aliphatic rings. The van der Waals surface area contributed by atoms with Gasteiger partial charge in [-0.3, -0.25) is 4.57 Å². The van der Waals surface area contributed by atoms with Gasteiger partial charge in [0.25, 0.3) is 0 Å². The number of halogens is 1. The maximum absolute atomic E-state index is 4.48. The summed E-state index contributed by atoms with van der Waals surface area (Å²) in [6.45, 7) is 2.87. The van der Waals surface area contributed by atoms with Gasteiger partial charge in [0.15, 0.2) is 0 Å². The lowest BCUT2D eigenvalue weighted by atomic mass is 10.2. The molecule has 0 aliphatic carbocycles. The summed E-state index contributed by atoms with van der Waals surface area (Å²) in [7, 11) is 1.93. The van der Waals surface area contributed by atoms with Gasteiger partial charge >= 0.3 is 0 Å². The number of pyridine rings is 1. The second kappa shape index (κ2) is 5.42. The van der Waals surface area contributed by atoms with Crippen molar-refractivity contribution in [2.75, 3.05) is 7.05 Å². The summed E-state index contributed by atoms with van der Waals surface area (Å²) in [5.74, 6) is 1.97. The largest absolute Gasteiger partial charge is 0.316 e. The lowest BCUT2D eigenvalue weighted by molar-refractivity contribution is 0.783. The Balaban J connectivity index is 2.50. The van der Waals surface area contributed by atoms with E-state index in [-0.39, 0.29) is 0 Å². The first-order valence-corrected chi connectivity index (χ1v) is 6.37. The molecular weight excluding hydrogens is 280 g/mol. The van der Waals surface area contributed by atoms with Crippen molar-refractivity contribution in [3.63, 3.8) is 0 Å². The van der Waals surface area contributed by atoms with Crippen LogP contribution < -0.4 is 5.32 Å². The fourth-order valence-electron chi connectivity index (χ4n) is 1.80. The number of aryl methyl sites for hydroxylation is 1. The third-order valence-electron chi connectivity index (χ3n) is 2.54. The van der Waals surface area contributed by atoms with E-state index in [1.807, 2.05) is 30.2 Å². The molecule has 0 spiro atoms. The van der Waals surface area contributed by atoms with Crippen molar-refractivity contribution in [2.24, 2.45) is 0 Å². The molecule has 2 heterocycles. The number of rotatable bonds is 4. The maximum atomic E-state index is 4.48. The minimum Gasteiger partial charge on any atom is -0.316 e. The highest BCUT2D eigenvalue weighted by atomic mass is 79.9. The molecule has 0 aliphatic heterocycles. The van der Waals surface area contributed by atoms with Crippen LogP contribution in [0.1, 0.15) is 18.3 Å². The Kier molecular flexibility index (Phi) is 3.91. The Morgan fingerprint density at radius 2 is 2.24 bits per heavy atom.